The third kappa shape index (κ3) is 5.37. The maximum atomic E-state index is 13.4. The van der Waals surface area contributed by atoms with Gasteiger partial charge in [-0.15, -0.1) is 0 Å². The van der Waals surface area contributed by atoms with Gasteiger partial charge < -0.3 is 15.4 Å². The van der Waals surface area contributed by atoms with Crippen molar-refractivity contribution in [2.45, 2.75) is 20.3 Å². The number of rotatable bonds is 5. The summed E-state index contributed by atoms with van der Waals surface area (Å²) in [6.07, 6.45) is -0.524. The minimum Gasteiger partial charge on any atom is -0.450 e. The van der Waals surface area contributed by atoms with Crippen LogP contribution in [0.15, 0.2) is 18.2 Å². The number of carbonyl (C=O) groups excluding carboxylic acids is 2. The largest absolute Gasteiger partial charge is 0.450 e. The summed E-state index contributed by atoms with van der Waals surface area (Å²) < 4.78 is 18.0. The lowest BCUT2D eigenvalue weighted by molar-refractivity contribution is -0.116. The molecule has 0 bridgehead atoms. The summed E-state index contributed by atoms with van der Waals surface area (Å²) in [4.78, 5) is 22.5. The van der Waals surface area contributed by atoms with Gasteiger partial charge in [-0.1, -0.05) is 6.07 Å². The van der Waals surface area contributed by atoms with Crippen LogP contribution in [0.1, 0.15) is 18.9 Å². The number of aryl methyl sites for hydroxylation is 1. The quantitative estimate of drug-likeness (QED) is 0.860. The van der Waals surface area contributed by atoms with E-state index in [1.165, 1.54) is 6.07 Å². The molecule has 0 saturated carbocycles. The average Bonchev–Trinajstić information content (AvgIpc) is 2.34. The molecule has 1 rings (SSSR count). The third-order valence-electron chi connectivity index (χ3n) is 2.29. The fourth-order valence-corrected chi connectivity index (χ4v) is 1.41. The van der Waals surface area contributed by atoms with E-state index in [9.17, 15) is 14.0 Å². The number of halogens is 1. The van der Waals surface area contributed by atoms with E-state index in [2.05, 4.69) is 15.4 Å². The molecule has 0 fully saturated rings. The Balaban J connectivity index is 2.39. The van der Waals surface area contributed by atoms with E-state index in [4.69, 9.17) is 0 Å². The Hall–Kier alpha value is -2.11. The zero-order valence-corrected chi connectivity index (χ0v) is 11.0. The first-order valence-electron chi connectivity index (χ1n) is 5.99. The Labute approximate surface area is 111 Å². The normalized spacial score (nSPS) is 9.84. The molecule has 19 heavy (non-hydrogen) atoms. The van der Waals surface area contributed by atoms with Crippen LogP contribution in [0.25, 0.3) is 0 Å². The van der Waals surface area contributed by atoms with Gasteiger partial charge in [0.2, 0.25) is 5.91 Å². The monoisotopic (exact) mass is 268 g/mol. The minimum atomic E-state index is -0.572. The molecule has 0 saturated heterocycles. The van der Waals surface area contributed by atoms with Crippen molar-refractivity contribution in [1.29, 1.82) is 0 Å². The number of hydrogen-bond acceptors (Lipinski definition) is 3. The zero-order chi connectivity index (χ0) is 14.3. The molecule has 104 valence electrons. The van der Waals surface area contributed by atoms with Crippen LogP contribution >= 0.6 is 0 Å². The number of hydrogen-bond donors (Lipinski definition) is 2. The lowest BCUT2D eigenvalue weighted by Gasteiger charge is -2.08. The van der Waals surface area contributed by atoms with Crippen LogP contribution in [0.4, 0.5) is 14.9 Å². The third-order valence-corrected chi connectivity index (χ3v) is 2.29. The molecule has 1 aromatic carbocycles. The summed E-state index contributed by atoms with van der Waals surface area (Å²) in [6, 6.07) is 4.46. The fourth-order valence-electron chi connectivity index (χ4n) is 1.41. The number of nitrogens with one attached hydrogen (secondary N) is 2. The van der Waals surface area contributed by atoms with Gasteiger partial charge in [-0.05, 0) is 31.5 Å². The fraction of sp³-hybridized carbons (Fsp3) is 0.385. The van der Waals surface area contributed by atoms with E-state index in [0.29, 0.717) is 0 Å². The molecule has 0 radical (unpaired) electrons. The lowest BCUT2D eigenvalue weighted by Crippen LogP contribution is -2.28. The second-order valence-corrected chi connectivity index (χ2v) is 3.93. The molecular weight excluding hydrogens is 251 g/mol. The molecule has 0 spiro atoms. The van der Waals surface area contributed by atoms with Crippen molar-refractivity contribution < 1.29 is 18.7 Å². The molecule has 2 amide bonds. The van der Waals surface area contributed by atoms with Gasteiger partial charge in [-0.25, -0.2) is 9.18 Å². The SMILES string of the molecule is CCOC(=O)NCCC(=O)Nc1cc(C)ccc1F. The smallest absolute Gasteiger partial charge is 0.407 e. The maximum Gasteiger partial charge on any atom is 0.407 e. The number of alkyl carbamates (subject to hydrolysis) is 1. The highest BCUT2D eigenvalue weighted by molar-refractivity contribution is 5.91. The van der Waals surface area contributed by atoms with Gasteiger partial charge in [-0.2, -0.15) is 0 Å². The van der Waals surface area contributed by atoms with E-state index in [-0.39, 0.29) is 31.2 Å². The summed E-state index contributed by atoms with van der Waals surface area (Å²) in [5.74, 6) is -0.862. The van der Waals surface area contributed by atoms with Crippen LogP contribution in [-0.4, -0.2) is 25.2 Å². The van der Waals surface area contributed by atoms with Crippen molar-refractivity contribution in [2.75, 3.05) is 18.5 Å². The van der Waals surface area contributed by atoms with Crippen molar-refractivity contribution >= 4 is 17.7 Å². The Morgan fingerprint density at radius 1 is 1.37 bits per heavy atom. The Bertz CT molecular complexity index is 463. The first-order chi connectivity index (χ1) is 9.02. The highest BCUT2D eigenvalue weighted by atomic mass is 19.1. The predicted molar refractivity (Wildman–Crippen MR) is 69.4 cm³/mol. The van der Waals surface area contributed by atoms with E-state index in [1.807, 2.05) is 0 Å². The Morgan fingerprint density at radius 3 is 2.79 bits per heavy atom. The van der Waals surface area contributed by atoms with Gasteiger partial charge in [0, 0.05) is 13.0 Å². The van der Waals surface area contributed by atoms with Crippen LogP contribution in [0.3, 0.4) is 0 Å². The highest BCUT2D eigenvalue weighted by Gasteiger charge is 2.08. The topological polar surface area (TPSA) is 67.4 Å². The molecule has 1 aromatic rings. The predicted octanol–water partition coefficient (Wildman–Crippen LogP) is 2.21. The van der Waals surface area contributed by atoms with Crippen LogP contribution in [-0.2, 0) is 9.53 Å². The Kier molecular flexibility index (Phi) is 5.78. The van der Waals surface area contributed by atoms with Gasteiger partial charge in [0.1, 0.15) is 5.82 Å². The van der Waals surface area contributed by atoms with Crippen molar-refractivity contribution in [2.24, 2.45) is 0 Å². The maximum absolute atomic E-state index is 13.4. The summed E-state index contributed by atoms with van der Waals surface area (Å²) in [5, 5.41) is 4.86. The highest BCUT2D eigenvalue weighted by Crippen LogP contribution is 2.15. The van der Waals surface area contributed by atoms with E-state index in [1.54, 1.807) is 26.0 Å². The first kappa shape index (κ1) is 14.9. The molecule has 6 heteroatoms. The summed E-state index contributed by atoms with van der Waals surface area (Å²) in [7, 11) is 0. The minimum absolute atomic E-state index is 0.0478. The number of anilines is 1. The van der Waals surface area contributed by atoms with Crippen LogP contribution in [0.5, 0.6) is 0 Å². The standard InChI is InChI=1S/C13H17FN2O3/c1-3-19-13(18)15-7-6-12(17)16-11-8-9(2)4-5-10(11)14/h4-5,8H,3,6-7H2,1-2H3,(H,15,18)(H,16,17). The Morgan fingerprint density at radius 2 is 2.11 bits per heavy atom. The number of benzene rings is 1. The van der Waals surface area contributed by atoms with Crippen molar-refractivity contribution in [3.05, 3.63) is 29.6 Å². The van der Waals surface area contributed by atoms with Crippen molar-refractivity contribution in [1.82, 2.24) is 5.32 Å². The molecule has 5 nitrogen and oxygen atoms in total. The lowest BCUT2D eigenvalue weighted by atomic mass is 10.2. The van der Waals surface area contributed by atoms with E-state index >= 15 is 0 Å². The molecule has 0 aliphatic rings. The molecule has 0 aromatic heterocycles. The molecule has 0 heterocycles. The second kappa shape index (κ2) is 7.35. The average molecular weight is 268 g/mol. The first-order valence-corrected chi connectivity index (χ1v) is 5.99. The van der Waals surface area contributed by atoms with Gasteiger partial charge in [0.15, 0.2) is 0 Å². The van der Waals surface area contributed by atoms with Gasteiger partial charge in [-0.3, -0.25) is 4.79 Å². The molecule has 0 aliphatic heterocycles. The molecule has 0 unspecified atom stereocenters. The second-order valence-electron chi connectivity index (χ2n) is 3.93. The van der Waals surface area contributed by atoms with Crippen LogP contribution < -0.4 is 10.6 Å². The van der Waals surface area contributed by atoms with Crippen molar-refractivity contribution in [3.63, 3.8) is 0 Å². The van der Waals surface area contributed by atoms with Crippen LogP contribution in [0.2, 0.25) is 0 Å². The summed E-state index contributed by atoms with van der Waals surface area (Å²) in [6.45, 7) is 3.90. The molecule has 2 N–H and O–H groups in total. The summed E-state index contributed by atoms with van der Waals surface area (Å²) >= 11 is 0. The zero-order valence-electron chi connectivity index (χ0n) is 11.0. The number of amides is 2. The molecule has 0 atom stereocenters. The van der Waals surface area contributed by atoms with Gasteiger partial charge in [0.25, 0.3) is 0 Å². The van der Waals surface area contributed by atoms with Gasteiger partial charge >= 0.3 is 6.09 Å². The van der Waals surface area contributed by atoms with Gasteiger partial charge in [0.05, 0.1) is 12.3 Å². The van der Waals surface area contributed by atoms with E-state index in [0.717, 1.165) is 5.56 Å². The number of ether oxygens (including phenoxy) is 1. The summed E-state index contributed by atoms with van der Waals surface area (Å²) in [5.41, 5.74) is 0.988. The number of carbonyl (C=O) groups is 2. The molecular formula is C13H17FN2O3. The van der Waals surface area contributed by atoms with Crippen molar-refractivity contribution in [3.8, 4) is 0 Å². The molecule has 0 aliphatic carbocycles. The van der Waals surface area contributed by atoms with Crippen LogP contribution in [0, 0.1) is 12.7 Å². The van der Waals surface area contributed by atoms with E-state index < -0.39 is 11.9 Å².